The van der Waals surface area contributed by atoms with Crippen LogP contribution in [-0.4, -0.2) is 41.8 Å². The molecule has 0 spiro atoms. The molecule has 8 heteroatoms. The second-order valence-corrected chi connectivity index (χ2v) is 6.60. The van der Waals surface area contributed by atoms with E-state index in [2.05, 4.69) is 36.7 Å². The molecule has 1 saturated heterocycles. The highest BCUT2D eigenvalue weighted by atomic mass is 79.9. The van der Waals surface area contributed by atoms with Gasteiger partial charge in [0.25, 0.3) is 0 Å². The van der Waals surface area contributed by atoms with Crippen molar-refractivity contribution in [3.05, 3.63) is 34.6 Å². The molecule has 128 valence electrons. The molecule has 1 aromatic carbocycles. The number of amides is 1. The van der Waals surface area contributed by atoms with Gasteiger partial charge in [0.15, 0.2) is 0 Å². The molecule has 2 atom stereocenters. The summed E-state index contributed by atoms with van der Waals surface area (Å²) in [6.07, 6.45) is 0.359. The van der Waals surface area contributed by atoms with Gasteiger partial charge in [0.2, 0.25) is 17.6 Å². The van der Waals surface area contributed by atoms with Crippen LogP contribution in [0.3, 0.4) is 0 Å². The van der Waals surface area contributed by atoms with E-state index in [1.807, 2.05) is 31.2 Å². The number of carbonyl (C=O) groups is 1. The molecule has 0 aliphatic carbocycles. The van der Waals surface area contributed by atoms with Gasteiger partial charge in [0, 0.05) is 29.0 Å². The van der Waals surface area contributed by atoms with Crippen molar-refractivity contribution in [2.45, 2.75) is 25.4 Å². The van der Waals surface area contributed by atoms with Crippen LogP contribution in [0.5, 0.6) is 0 Å². The molecule has 24 heavy (non-hydrogen) atoms. The Morgan fingerprint density at radius 1 is 1.46 bits per heavy atom. The van der Waals surface area contributed by atoms with Gasteiger partial charge in [-0.1, -0.05) is 21.1 Å². The predicted molar refractivity (Wildman–Crippen MR) is 91.2 cm³/mol. The number of morpholine rings is 1. The zero-order valence-electron chi connectivity index (χ0n) is 13.3. The standard InChI is InChI=1S/C16H19BrN4O3/c1-10(19-14(22)8-13-9-23-7-6-18-13)16-20-15(21-24-16)11-2-4-12(17)5-3-11/h2-5,10,13,18H,6-9H2,1H3,(H,19,22). The lowest BCUT2D eigenvalue weighted by Crippen LogP contribution is -2.44. The summed E-state index contributed by atoms with van der Waals surface area (Å²) >= 11 is 3.39. The minimum atomic E-state index is -0.348. The number of hydrogen-bond donors (Lipinski definition) is 2. The predicted octanol–water partition coefficient (Wildman–Crippen LogP) is 2.05. The SMILES string of the molecule is CC(NC(=O)CC1COCCN1)c1nc(-c2ccc(Br)cc2)no1. The van der Waals surface area contributed by atoms with Crippen molar-refractivity contribution in [3.63, 3.8) is 0 Å². The van der Waals surface area contributed by atoms with Gasteiger partial charge in [-0.25, -0.2) is 0 Å². The maximum Gasteiger partial charge on any atom is 0.249 e. The lowest BCUT2D eigenvalue weighted by Gasteiger charge is -2.23. The Balaban J connectivity index is 1.57. The largest absolute Gasteiger partial charge is 0.378 e. The topological polar surface area (TPSA) is 89.3 Å². The molecule has 0 radical (unpaired) electrons. The summed E-state index contributed by atoms with van der Waals surface area (Å²) < 4.78 is 11.6. The van der Waals surface area contributed by atoms with E-state index in [0.717, 1.165) is 16.6 Å². The van der Waals surface area contributed by atoms with Crippen molar-refractivity contribution < 1.29 is 14.1 Å². The summed E-state index contributed by atoms with van der Waals surface area (Å²) in [5.41, 5.74) is 0.857. The number of hydrogen-bond acceptors (Lipinski definition) is 6. The molecule has 2 heterocycles. The molecule has 3 rings (SSSR count). The summed E-state index contributed by atoms with van der Waals surface area (Å²) in [6, 6.07) is 7.32. The van der Waals surface area contributed by atoms with E-state index in [0.29, 0.717) is 31.3 Å². The Hall–Kier alpha value is -1.77. The summed E-state index contributed by atoms with van der Waals surface area (Å²) in [4.78, 5) is 16.5. The average Bonchev–Trinajstić information content (AvgIpc) is 3.06. The second kappa shape index (κ2) is 7.87. The van der Waals surface area contributed by atoms with Gasteiger partial charge < -0.3 is 19.9 Å². The number of benzene rings is 1. The monoisotopic (exact) mass is 394 g/mol. The highest BCUT2D eigenvalue weighted by Crippen LogP contribution is 2.21. The van der Waals surface area contributed by atoms with Gasteiger partial charge in [0.05, 0.1) is 13.2 Å². The maximum absolute atomic E-state index is 12.1. The third-order valence-corrected chi connectivity index (χ3v) is 4.25. The van der Waals surface area contributed by atoms with E-state index in [-0.39, 0.29) is 18.0 Å². The molecule has 7 nitrogen and oxygen atoms in total. The molecule has 1 aliphatic heterocycles. The molecule has 0 saturated carbocycles. The zero-order valence-corrected chi connectivity index (χ0v) is 14.9. The van der Waals surface area contributed by atoms with Crippen LogP contribution < -0.4 is 10.6 Å². The van der Waals surface area contributed by atoms with Crippen LogP contribution >= 0.6 is 15.9 Å². The maximum atomic E-state index is 12.1. The van der Waals surface area contributed by atoms with Crippen molar-refractivity contribution in [3.8, 4) is 11.4 Å². The fourth-order valence-electron chi connectivity index (χ4n) is 2.46. The average molecular weight is 395 g/mol. The highest BCUT2D eigenvalue weighted by molar-refractivity contribution is 9.10. The van der Waals surface area contributed by atoms with E-state index >= 15 is 0 Å². The molecule has 2 aromatic rings. The van der Waals surface area contributed by atoms with Crippen LogP contribution in [0, 0.1) is 0 Å². The van der Waals surface area contributed by atoms with Gasteiger partial charge in [0.1, 0.15) is 6.04 Å². The van der Waals surface area contributed by atoms with Gasteiger partial charge in [-0.2, -0.15) is 4.98 Å². The molecule has 0 bridgehead atoms. The molecule has 1 amide bonds. The molecule has 1 aromatic heterocycles. The molecular formula is C16H19BrN4O3. The molecule has 2 unspecified atom stereocenters. The fraction of sp³-hybridized carbons (Fsp3) is 0.438. The summed E-state index contributed by atoms with van der Waals surface area (Å²) in [6.45, 7) is 3.83. The number of nitrogens with one attached hydrogen (secondary N) is 2. The fourth-order valence-corrected chi connectivity index (χ4v) is 2.73. The lowest BCUT2D eigenvalue weighted by atomic mass is 10.2. The van der Waals surface area contributed by atoms with Crippen molar-refractivity contribution in [2.75, 3.05) is 19.8 Å². The minimum absolute atomic E-state index is 0.0481. The van der Waals surface area contributed by atoms with Crippen molar-refractivity contribution >= 4 is 21.8 Å². The Morgan fingerprint density at radius 3 is 2.96 bits per heavy atom. The van der Waals surface area contributed by atoms with E-state index in [1.54, 1.807) is 0 Å². The van der Waals surface area contributed by atoms with Crippen LogP contribution in [0.1, 0.15) is 25.3 Å². The third-order valence-electron chi connectivity index (χ3n) is 3.72. The summed E-state index contributed by atoms with van der Waals surface area (Å²) in [5, 5.41) is 10.1. The van der Waals surface area contributed by atoms with Crippen molar-refractivity contribution in [1.29, 1.82) is 0 Å². The second-order valence-electron chi connectivity index (χ2n) is 5.68. The normalized spacial score (nSPS) is 19.0. The Kier molecular flexibility index (Phi) is 5.60. The Morgan fingerprint density at radius 2 is 2.25 bits per heavy atom. The van der Waals surface area contributed by atoms with Crippen LogP contribution in [-0.2, 0) is 9.53 Å². The first-order chi connectivity index (χ1) is 11.6. The highest BCUT2D eigenvalue weighted by Gasteiger charge is 2.21. The number of halogens is 1. The number of carbonyl (C=O) groups excluding carboxylic acids is 1. The number of ether oxygens (including phenoxy) is 1. The van der Waals surface area contributed by atoms with Gasteiger partial charge in [-0.15, -0.1) is 0 Å². The number of nitrogens with zero attached hydrogens (tertiary/aromatic N) is 2. The summed E-state index contributed by atoms with van der Waals surface area (Å²) in [7, 11) is 0. The Bertz CT molecular complexity index is 683. The lowest BCUT2D eigenvalue weighted by molar-refractivity contribution is -0.123. The number of rotatable bonds is 5. The van der Waals surface area contributed by atoms with Gasteiger partial charge >= 0.3 is 0 Å². The molecule has 2 N–H and O–H groups in total. The first-order valence-corrected chi connectivity index (χ1v) is 8.61. The molecular weight excluding hydrogens is 376 g/mol. The van der Waals surface area contributed by atoms with Crippen LogP contribution in [0.2, 0.25) is 0 Å². The van der Waals surface area contributed by atoms with Crippen molar-refractivity contribution in [2.24, 2.45) is 0 Å². The van der Waals surface area contributed by atoms with Crippen molar-refractivity contribution in [1.82, 2.24) is 20.8 Å². The van der Waals surface area contributed by atoms with E-state index in [4.69, 9.17) is 9.26 Å². The quantitative estimate of drug-likeness (QED) is 0.806. The Labute approximate surface area is 148 Å². The summed E-state index contributed by atoms with van der Waals surface area (Å²) in [5.74, 6) is 0.809. The van der Waals surface area contributed by atoms with Gasteiger partial charge in [-0.05, 0) is 31.2 Å². The van der Waals surface area contributed by atoms with Crippen LogP contribution in [0.4, 0.5) is 0 Å². The van der Waals surface area contributed by atoms with E-state index < -0.39 is 0 Å². The van der Waals surface area contributed by atoms with E-state index in [1.165, 1.54) is 0 Å². The molecule has 1 aliphatic rings. The van der Waals surface area contributed by atoms with Crippen LogP contribution in [0.25, 0.3) is 11.4 Å². The third kappa shape index (κ3) is 4.40. The van der Waals surface area contributed by atoms with Crippen LogP contribution in [0.15, 0.2) is 33.3 Å². The minimum Gasteiger partial charge on any atom is -0.378 e. The molecule has 1 fully saturated rings. The zero-order chi connectivity index (χ0) is 16.9. The first-order valence-electron chi connectivity index (χ1n) is 7.82. The van der Waals surface area contributed by atoms with E-state index in [9.17, 15) is 4.79 Å². The number of aromatic nitrogens is 2. The smallest absolute Gasteiger partial charge is 0.249 e. The van der Waals surface area contributed by atoms with Gasteiger partial charge in [-0.3, -0.25) is 4.79 Å². The first kappa shape index (κ1) is 17.1.